The normalized spacial score (nSPS) is 22.3. The molecule has 2 fully saturated rings. The molecular weight excluding hydrogens is 366 g/mol. The van der Waals surface area contributed by atoms with E-state index in [4.69, 9.17) is 4.74 Å². The van der Waals surface area contributed by atoms with Crippen LogP contribution in [0, 0.1) is 5.92 Å². The minimum Gasteiger partial charge on any atom is -0.494 e. The fraction of sp³-hybridized carbons (Fsp3) is 0.632. The van der Waals surface area contributed by atoms with Gasteiger partial charge in [-0.2, -0.15) is 4.31 Å². The largest absolute Gasteiger partial charge is 0.494 e. The topological polar surface area (TPSA) is 87.7 Å². The Balaban J connectivity index is 1.55. The molecule has 2 aliphatic heterocycles. The maximum Gasteiger partial charge on any atom is 0.243 e. The Bertz CT molecular complexity index is 722. The molecule has 1 atom stereocenters. The van der Waals surface area contributed by atoms with E-state index in [1.165, 1.54) is 4.31 Å². The molecule has 2 heterocycles. The number of sulfonamides is 1. The fourth-order valence-corrected chi connectivity index (χ4v) is 5.15. The Morgan fingerprint density at radius 2 is 1.93 bits per heavy atom. The minimum atomic E-state index is -3.53. The molecule has 1 aromatic rings. The van der Waals surface area contributed by atoms with Gasteiger partial charge in [0.15, 0.2) is 0 Å². The molecular formula is C19H29N3O4S. The molecule has 27 heavy (non-hydrogen) atoms. The Labute approximate surface area is 161 Å². The van der Waals surface area contributed by atoms with Crippen molar-refractivity contribution in [2.45, 2.75) is 43.5 Å². The Hall–Kier alpha value is -1.64. The molecule has 0 aromatic heterocycles. The van der Waals surface area contributed by atoms with Crippen LogP contribution in [0.1, 0.15) is 32.6 Å². The van der Waals surface area contributed by atoms with Crippen LogP contribution in [0.25, 0.3) is 0 Å². The molecule has 3 rings (SSSR count). The molecule has 0 radical (unpaired) electrons. The number of nitrogens with one attached hydrogen (secondary N) is 2. The van der Waals surface area contributed by atoms with Crippen molar-refractivity contribution in [3.63, 3.8) is 0 Å². The summed E-state index contributed by atoms with van der Waals surface area (Å²) in [6, 6.07) is 6.70. The van der Waals surface area contributed by atoms with Gasteiger partial charge < -0.3 is 15.4 Å². The molecule has 1 unspecified atom stereocenters. The summed E-state index contributed by atoms with van der Waals surface area (Å²) in [4.78, 5) is 12.7. The molecule has 8 heteroatoms. The lowest BCUT2D eigenvalue weighted by molar-refractivity contribution is -0.126. The lowest BCUT2D eigenvalue weighted by atomic mass is 9.96. The summed E-state index contributed by atoms with van der Waals surface area (Å²) in [5.74, 6) is 0.601. The number of carbonyl (C=O) groups excluding carboxylic acids is 1. The number of carbonyl (C=O) groups is 1. The quantitative estimate of drug-likeness (QED) is 0.759. The summed E-state index contributed by atoms with van der Waals surface area (Å²) >= 11 is 0. The zero-order valence-electron chi connectivity index (χ0n) is 15.8. The highest BCUT2D eigenvalue weighted by atomic mass is 32.2. The van der Waals surface area contributed by atoms with E-state index in [1.54, 1.807) is 24.3 Å². The van der Waals surface area contributed by atoms with Crippen LogP contribution in [-0.2, 0) is 14.8 Å². The van der Waals surface area contributed by atoms with Gasteiger partial charge in [-0.1, -0.05) is 0 Å². The first-order valence-electron chi connectivity index (χ1n) is 9.75. The number of hydrogen-bond acceptors (Lipinski definition) is 5. The Kier molecular flexibility index (Phi) is 6.73. The zero-order chi connectivity index (χ0) is 19.3. The van der Waals surface area contributed by atoms with E-state index in [2.05, 4.69) is 10.6 Å². The number of hydrogen-bond donors (Lipinski definition) is 2. The third kappa shape index (κ3) is 5.00. The van der Waals surface area contributed by atoms with Crippen LogP contribution < -0.4 is 15.4 Å². The summed E-state index contributed by atoms with van der Waals surface area (Å²) in [6.07, 6.45) is 3.19. The number of ether oxygens (including phenoxy) is 1. The van der Waals surface area contributed by atoms with Crippen molar-refractivity contribution in [3.05, 3.63) is 24.3 Å². The van der Waals surface area contributed by atoms with E-state index in [9.17, 15) is 13.2 Å². The second-order valence-corrected chi connectivity index (χ2v) is 9.07. The van der Waals surface area contributed by atoms with Crippen LogP contribution in [0.15, 0.2) is 29.2 Å². The van der Waals surface area contributed by atoms with Crippen molar-refractivity contribution in [2.24, 2.45) is 5.92 Å². The van der Waals surface area contributed by atoms with Crippen molar-refractivity contribution < 1.29 is 17.9 Å². The maximum absolute atomic E-state index is 12.8. The molecule has 2 N–H and O–H groups in total. The van der Waals surface area contributed by atoms with E-state index in [-0.39, 0.29) is 22.8 Å². The predicted molar refractivity (Wildman–Crippen MR) is 103 cm³/mol. The van der Waals surface area contributed by atoms with Gasteiger partial charge in [0, 0.05) is 31.6 Å². The summed E-state index contributed by atoms with van der Waals surface area (Å²) in [7, 11) is -3.53. The van der Waals surface area contributed by atoms with Gasteiger partial charge in [0.25, 0.3) is 0 Å². The standard InChI is InChI=1S/C19H29N3O4S/c1-2-26-17-5-7-18(8-6-17)27(24,25)22-12-9-15(10-13-22)19(23)21-16-4-3-11-20-14-16/h5-8,15-16,20H,2-4,9-14H2,1H3,(H,21,23). The van der Waals surface area contributed by atoms with Gasteiger partial charge in [-0.15, -0.1) is 0 Å². The van der Waals surface area contributed by atoms with Crippen LogP contribution in [-0.4, -0.2) is 57.5 Å². The highest BCUT2D eigenvalue weighted by Gasteiger charge is 2.32. The SMILES string of the molecule is CCOc1ccc(S(=O)(=O)N2CCC(C(=O)NC3CCCNC3)CC2)cc1. The van der Waals surface area contributed by atoms with E-state index >= 15 is 0 Å². The van der Waals surface area contributed by atoms with E-state index < -0.39 is 10.0 Å². The van der Waals surface area contributed by atoms with Gasteiger partial charge in [0.05, 0.1) is 11.5 Å². The first-order valence-corrected chi connectivity index (χ1v) is 11.2. The van der Waals surface area contributed by atoms with Crippen LogP contribution >= 0.6 is 0 Å². The average Bonchev–Trinajstić information content (AvgIpc) is 2.69. The van der Waals surface area contributed by atoms with Crippen LogP contribution in [0.4, 0.5) is 0 Å². The Morgan fingerprint density at radius 3 is 2.52 bits per heavy atom. The second kappa shape index (κ2) is 9.03. The maximum atomic E-state index is 12.8. The van der Waals surface area contributed by atoms with Gasteiger partial charge in [-0.3, -0.25) is 4.79 Å². The first kappa shape index (κ1) is 20.1. The molecule has 1 aromatic carbocycles. The van der Waals surface area contributed by atoms with Crippen LogP contribution in [0.2, 0.25) is 0 Å². The molecule has 2 saturated heterocycles. The van der Waals surface area contributed by atoms with Crippen molar-refractivity contribution in [2.75, 3.05) is 32.8 Å². The number of nitrogens with zero attached hydrogens (tertiary/aromatic N) is 1. The fourth-order valence-electron chi connectivity index (χ4n) is 3.68. The van der Waals surface area contributed by atoms with Gasteiger partial charge in [0.1, 0.15) is 5.75 Å². The molecule has 0 aliphatic carbocycles. The number of benzene rings is 1. The third-order valence-electron chi connectivity index (χ3n) is 5.24. The van der Waals surface area contributed by atoms with Crippen molar-refractivity contribution in [1.82, 2.24) is 14.9 Å². The first-order chi connectivity index (χ1) is 13.0. The molecule has 2 aliphatic rings. The smallest absolute Gasteiger partial charge is 0.243 e. The number of rotatable bonds is 6. The van der Waals surface area contributed by atoms with Crippen LogP contribution in [0.3, 0.4) is 0 Å². The van der Waals surface area contributed by atoms with Gasteiger partial charge in [-0.25, -0.2) is 8.42 Å². The van der Waals surface area contributed by atoms with Gasteiger partial charge >= 0.3 is 0 Å². The predicted octanol–water partition coefficient (Wildman–Crippen LogP) is 1.35. The summed E-state index contributed by atoms with van der Waals surface area (Å²) in [5.41, 5.74) is 0. The number of piperidine rings is 2. The number of amides is 1. The molecule has 1 amide bonds. The van der Waals surface area contributed by atoms with Gasteiger partial charge in [-0.05, 0) is 63.4 Å². The highest BCUT2D eigenvalue weighted by molar-refractivity contribution is 7.89. The molecule has 0 bridgehead atoms. The van der Waals surface area contributed by atoms with E-state index in [0.29, 0.717) is 38.3 Å². The molecule has 0 saturated carbocycles. The lowest BCUT2D eigenvalue weighted by Crippen LogP contribution is -2.49. The molecule has 7 nitrogen and oxygen atoms in total. The summed E-state index contributed by atoms with van der Waals surface area (Å²) in [5, 5.41) is 6.40. The lowest BCUT2D eigenvalue weighted by Gasteiger charge is -2.32. The summed E-state index contributed by atoms with van der Waals surface area (Å²) in [6.45, 7) is 4.99. The second-order valence-electron chi connectivity index (χ2n) is 7.13. The molecule has 0 spiro atoms. The monoisotopic (exact) mass is 395 g/mol. The average molecular weight is 396 g/mol. The van der Waals surface area contributed by atoms with Crippen molar-refractivity contribution in [3.8, 4) is 5.75 Å². The van der Waals surface area contributed by atoms with Crippen molar-refractivity contribution in [1.29, 1.82) is 0 Å². The minimum absolute atomic E-state index is 0.0572. The Morgan fingerprint density at radius 1 is 1.22 bits per heavy atom. The van der Waals surface area contributed by atoms with Crippen LogP contribution in [0.5, 0.6) is 5.75 Å². The van der Waals surface area contributed by atoms with E-state index in [1.807, 2.05) is 6.92 Å². The summed E-state index contributed by atoms with van der Waals surface area (Å²) < 4.78 is 32.5. The zero-order valence-corrected chi connectivity index (χ0v) is 16.6. The van der Waals surface area contributed by atoms with Gasteiger partial charge in [0.2, 0.25) is 15.9 Å². The highest BCUT2D eigenvalue weighted by Crippen LogP contribution is 2.25. The van der Waals surface area contributed by atoms with Crippen molar-refractivity contribution >= 4 is 15.9 Å². The molecule has 150 valence electrons. The third-order valence-corrected chi connectivity index (χ3v) is 7.15. The van der Waals surface area contributed by atoms with E-state index in [0.717, 1.165) is 25.9 Å².